The molecule has 0 aliphatic rings. The highest BCUT2D eigenvalue weighted by Crippen LogP contribution is 2.17. The average Bonchev–Trinajstić information content (AvgIpc) is 2.67. The number of nitrogens with one attached hydrogen (secondary N) is 1. The molecule has 2 rings (SSSR count). The fourth-order valence-electron chi connectivity index (χ4n) is 3.29. The fourth-order valence-corrected chi connectivity index (χ4v) is 3.29. The summed E-state index contributed by atoms with van der Waals surface area (Å²) in [6.07, 6.45) is 0. The molecule has 0 radical (unpaired) electrons. The monoisotopic (exact) mass is 410 g/mol. The summed E-state index contributed by atoms with van der Waals surface area (Å²) in [4.78, 5) is 27.3. The van der Waals surface area contributed by atoms with Crippen LogP contribution < -0.4 is 10.1 Å². The van der Waals surface area contributed by atoms with Gasteiger partial charge in [0.15, 0.2) is 6.61 Å². The maximum absolute atomic E-state index is 13.1. The van der Waals surface area contributed by atoms with Crippen molar-refractivity contribution in [2.24, 2.45) is 5.92 Å². The Morgan fingerprint density at radius 2 is 1.63 bits per heavy atom. The number of amides is 2. The van der Waals surface area contributed by atoms with Crippen LogP contribution in [0.15, 0.2) is 42.5 Å². The van der Waals surface area contributed by atoms with E-state index in [1.807, 2.05) is 71.0 Å². The summed E-state index contributed by atoms with van der Waals surface area (Å²) >= 11 is 0. The Labute approximate surface area is 180 Å². The van der Waals surface area contributed by atoms with E-state index in [1.54, 1.807) is 11.8 Å². The summed E-state index contributed by atoms with van der Waals surface area (Å²) in [6, 6.07) is 13.2. The Kier molecular flexibility index (Phi) is 8.46. The van der Waals surface area contributed by atoms with Gasteiger partial charge in [0.1, 0.15) is 11.8 Å². The standard InChI is InChI=1S/C25H34N2O3/c1-17(2)14-26-25(29)21(6)27(15-22-9-7-8-18(3)11-22)24(28)16-30-23-12-19(4)10-20(5)13-23/h7-13,17,21H,14-16H2,1-6H3,(H,26,29). The smallest absolute Gasteiger partial charge is 0.261 e. The van der Waals surface area contributed by atoms with E-state index in [9.17, 15) is 9.59 Å². The van der Waals surface area contributed by atoms with E-state index in [1.165, 1.54) is 0 Å². The van der Waals surface area contributed by atoms with Crippen molar-refractivity contribution < 1.29 is 14.3 Å². The maximum atomic E-state index is 13.1. The third-order valence-corrected chi connectivity index (χ3v) is 4.84. The molecule has 0 fully saturated rings. The molecule has 0 aliphatic heterocycles. The minimum absolute atomic E-state index is 0.115. The van der Waals surface area contributed by atoms with Crippen LogP contribution in [0, 0.1) is 26.7 Å². The van der Waals surface area contributed by atoms with Crippen molar-refractivity contribution >= 4 is 11.8 Å². The lowest BCUT2D eigenvalue weighted by Gasteiger charge is -2.29. The zero-order valence-corrected chi connectivity index (χ0v) is 19.0. The van der Waals surface area contributed by atoms with Crippen LogP contribution in [0.2, 0.25) is 0 Å². The molecule has 30 heavy (non-hydrogen) atoms. The van der Waals surface area contributed by atoms with Crippen molar-refractivity contribution in [3.63, 3.8) is 0 Å². The summed E-state index contributed by atoms with van der Waals surface area (Å²) in [7, 11) is 0. The van der Waals surface area contributed by atoms with Crippen LogP contribution in [0.5, 0.6) is 5.75 Å². The highest BCUT2D eigenvalue weighted by molar-refractivity contribution is 5.88. The number of nitrogens with zero attached hydrogens (tertiary/aromatic N) is 1. The van der Waals surface area contributed by atoms with E-state index >= 15 is 0 Å². The van der Waals surface area contributed by atoms with Crippen molar-refractivity contribution in [3.8, 4) is 5.75 Å². The minimum atomic E-state index is -0.598. The normalized spacial score (nSPS) is 11.8. The van der Waals surface area contributed by atoms with Crippen LogP contribution in [-0.2, 0) is 16.1 Å². The van der Waals surface area contributed by atoms with E-state index in [2.05, 4.69) is 11.4 Å². The number of hydrogen-bond acceptors (Lipinski definition) is 3. The highest BCUT2D eigenvalue weighted by atomic mass is 16.5. The second kappa shape index (κ2) is 10.8. The van der Waals surface area contributed by atoms with Crippen LogP contribution >= 0.6 is 0 Å². The molecule has 0 spiro atoms. The van der Waals surface area contributed by atoms with Gasteiger partial charge < -0.3 is 15.0 Å². The van der Waals surface area contributed by atoms with Crippen LogP contribution in [0.3, 0.4) is 0 Å². The highest BCUT2D eigenvalue weighted by Gasteiger charge is 2.26. The molecule has 0 saturated heterocycles. The maximum Gasteiger partial charge on any atom is 0.261 e. The Balaban J connectivity index is 2.15. The molecule has 2 aromatic rings. The SMILES string of the molecule is Cc1cccc(CN(C(=O)COc2cc(C)cc(C)c2)C(C)C(=O)NCC(C)C)c1. The van der Waals surface area contributed by atoms with E-state index in [-0.39, 0.29) is 18.4 Å². The van der Waals surface area contributed by atoms with Gasteiger partial charge in [0, 0.05) is 13.1 Å². The first-order chi connectivity index (χ1) is 14.2. The predicted octanol–water partition coefficient (Wildman–Crippen LogP) is 4.18. The number of hydrogen-bond donors (Lipinski definition) is 1. The third-order valence-electron chi connectivity index (χ3n) is 4.84. The summed E-state index contributed by atoms with van der Waals surface area (Å²) in [5.74, 6) is 0.627. The summed E-state index contributed by atoms with van der Waals surface area (Å²) in [6.45, 7) is 12.7. The summed E-state index contributed by atoms with van der Waals surface area (Å²) in [5.41, 5.74) is 4.26. The quantitative estimate of drug-likeness (QED) is 0.675. The van der Waals surface area contributed by atoms with Crippen molar-refractivity contribution in [3.05, 3.63) is 64.7 Å². The summed E-state index contributed by atoms with van der Waals surface area (Å²) in [5, 5.41) is 2.93. The molecule has 0 bridgehead atoms. The Morgan fingerprint density at radius 3 is 2.23 bits per heavy atom. The number of rotatable bonds is 9. The van der Waals surface area contributed by atoms with Gasteiger partial charge in [-0.05, 0) is 62.4 Å². The third kappa shape index (κ3) is 7.21. The van der Waals surface area contributed by atoms with Gasteiger partial charge in [-0.15, -0.1) is 0 Å². The molecule has 0 saturated carbocycles. The van der Waals surface area contributed by atoms with Crippen molar-refractivity contribution in [1.82, 2.24) is 10.2 Å². The number of carbonyl (C=O) groups excluding carboxylic acids is 2. The van der Waals surface area contributed by atoms with Crippen LogP contribution in [0.1, 0.15) is 43.0 Å². The van der Waals surface area contributed by atoms with Crippen LogP contribution in [0.4, 0.5) is 0 Å². The lowest BCUT2D eigenvalue weighted by molar-refractivity contribution is -0.142. The Morgan fingerprint density at radius 1 is 0.967 bits per heavy atom. The van der Waals surface area contributed by atoms with Crippen LogP contribution in [-0.4, -0.2) is 35.9 Å². The average molecular weight is 411 g/mol. The molecule has 5 nitrogen and oxygen atoms in total. The first kappa shape index (κ1) is 23.5. The molecular formula is C25H34N2O3. The predicted molar refractivity (Wildman–Crippen MR) is 120 cm³/mol. The molecule has 5 heteroatoms. The van der Waals surface area contributed by atoms with Gasteiger partial charge in [-0.3, -0.25) is 9.59 Å². The number of carbonyl (C=O) groups is 2. The van der Waals surface area contributed by atoms with Gasteiger partial charge in [0.2, 0.25) is 5.91 Å². The van der Waals surface area contributed by atoms with Gasteiger partial charge in [0.05, 0.1) is 0 Å². The molecule has 2 aromatic carbocycles. The molecule has 1 atom stereocenters. The molecule has 162 valence electrons. The largest absolute Gasteiger partial charge is 0.484 e. The molecule has 0 aromatic heterocycles. The number of aryl methyl sites for hydroxylation is 3. The zero-order valence-electron chi connectivity index (χ0n) is 19.0. The topological polar surface area (TPSA) is 58.6 Å². The Hall–Kier alpha value is -2.82. The Bertz CT molecular complexity index is 856. The lowest BCUT2D eigenvalue weighted by atomic mass is 10.1. The van der Waals surface area contributed by atoms with E-state index in [0.29, 0.717) is 24.8 Å². The molecule has 0 heterocycles. The summed E-state index contributed by atoms with van der Waals surface area (Å²) < 4.78 is 5.78. The number of ether oxygens (including phenoxy) is 1. The molecule has 2 amide bonds. The van der Waals surface area contributed by atoms with Gasteiger partial charge in [-0.25, -0.2) is 0 Å². The van der Waals surface area contributed by atoms with Gasteiger partial charge >= 0.3 is 0 Å². The molecule has 1 unspecified atom stereocenters. The van der Waals surface area contributed by atoms with Gasteiger partial charge in [-0.2, -0.15) is 0 Å². The molecular weight excluding hydrogens is 376 g/mol. The van der Waals surface area contributed by atoms with Crippen molar-refractivity contribution in [2.45, 2.75) is 54.1 Å². The zero-order chi connectivity index (χ0) is 22.3. The fraction of sp³-hybridized carbons (Fsp3) is 0.440. The molecule has 1 N–H and O–H groups in total. The second-order valence-corrected chi connectivity index (χ2v) is 8.44. The van der Waals surface area contributed by atoms with E-state index in [4.69, 9.17) is 4.74 Å². The van der Waals surface area contributed by atoms with Gasteiger partial charge in [0.25, 0.3) is 5.91 Å². The first-order valence-electron chi connectivity index (χ1n) is 10.5. The minimum Gasteiger partial charge on any atom is -0.484 e. The first-order valence-corrected chi connectivity index (χ1v) is 10.5. The van der Waals surface area contributed by atoms with E-state index < -0.39 is 6.04 Å². The number of benzene rings is 2. The van der Waals surface area contributed by atoms with Crippen molar-refractivity contribution in [1.29, 1.82) is 0 Å². The second-order valence-electron chi connectivity index (χ2n) is 8.44. The van der Waals surface area contributed by atoms with E-state index in [0.717, 1.165) is 22.3 Å². The van der Waals surface area contributed by atoms with Crippen LogP contribution in [0.25, 0.3) is 0 Å². The lowest BCUT2D eigenvalue weighted by Crippen LogP contribution is -2.49. The molecule has 0 aliphatic carbocycles. The van der Waals surface area contributed by atoms with Gasteiger partial charge in [-0.1, -0.05) is 49.7 Å². The van der Waals surface area contributed by atoms with Crippen molar-refractivity contribution in [2.75, 3.05) is 13.2 Å².